The highest BCUT2D eigenvalue weighted by atomic mass is 35.5. The number of hydrogen-bond acceptors (Lipinski definition) is 12. The first-order valence-corrected chi connectivity index (χ1v) is 32.4. The lowest BCUT2D eigenvalue weighted by Crippen LogP contribution is -2.29. The standard InChI is InChI=1S/C24H19Cl2FN6.C24H18Cl2FN5O.C22H21ClFN5O/c1-15(21-17(25)7-8-18(27)22(21)26)31-33-11-9-19-24(33)29-13-20(30-19)23-28-10-12-32(23)14-16-5-3-2-4-6-16;1-15(22-17(25)7-8-18(27)23(22)26)33-32-10-9-19-24(32)30-20(11-28-19)21-13-31(14-29-21)12-16-5-3-2-4-6-16;23-20-2-1-18(24)9-16(20)14-30-29-8-5-21-22(29)10-15(11-26-21)17-12-27-28(13-17)19-3-6-25-7-4-19/h2-13,15,31H,14H2,1H3;2-11,13-15H,12H2,1H3;1-2,5,8-13,19,25H,3-4,6-7,14H2. The molecule has 0 spiro atoms. The monoisotopic (exact) mass is 1390 g/mol. The number of nitrogens with zero attached hydrogens (tertiary/aromatic N) is 14. The summed E-state index contributed by atoms with van der Waals surface area (Å²) in [6.45, 7) is 7.17. The molecule has 1 aliphatic rings. The number of halogens is 8. The van der Waals surface area contributed by atoms with Crippen molar-refractivity contribution in [3.05, 3.63) is 272 Å². The van der Waals surface area contributed by atoms with E-state index in [-0.39, 0.29) is 28.5 Å². The topological polar surface area (TPSA) is 175 Å². The fraction of sp³-hybridized carbons (Fsp3) is 0.171. The first-order chi connectivity index (χ1) is 46.7. The smallest absolute Gasteiger partial charge is 0.194 e. The largest absolute Gasteiger partial charge is 0.409 e. The van der Waals surface area contributed by atoms with Crippen molar-refractivity contribution in [1.82, 2.24) is 73.3 Å². The summed E-state index contributed by atoms with van der Waals surface area (Å²) >= 11 is 30.9. The van der Waals surface area contributed by atoms with Crippen molar-refractivity contribution in [2.75, 3.05) is 18.5 Å². The number of nitrogens with one attached hydrogen (secondary N) is 2. The summed E-state index contributed by atoms with van der Waals surface area (Å²) in [5.41, 5.74) is 15.1. The number of rotatable bonds is 17. The van der Waals surface area contributed by atoms with Gasteiger partial charge in [-0.25, -0.2) is 42.8 Å². The van der Waals surface area contributed by atoms with Crippen LogP contribution in [0, 0.1) is 17.5 Å². The van der Waals surface area contributed by atoms with E-state index in [0.717, 1.165) is 53.9 Å². The molecule has 2 N–H and O–H groups in total. The molecule has 486 valence electrons. The predicted octanol–water partition coefficient (Wildman–Crippen LogP) is 16.3. The second kappa shape index (κ2) is 29.1. The van der Waals surface area contributed by atoms with Gasteiger partial charge in [0.2, 0.25) is 0 Å². The molecule has 15 rings (SSSR count). The Labute approximate surface area is 573 Å². The molecule has 96 heavy (non-hydrogen) atoms. The first kappa shape index (κ1) is 64.9. The van der Waals surface area contributed by atoms with E-state index in [1.165, 1.54) is 58.3 Å². The predicted molar refractivity (Wildman–Crippen MR) is 368 cm³/mol. The summed E-state index contributed by atoms with van der Waals surface area (Å²) < 4.78 is 52.3. The molecule has 14 aromatic rings. The van der Waals surface area contributed by atoms with Crippen LogP contribution in [0.25, 0.3) is 67.4 Å². The zero-order valence-corrected chi connectivity index (χ0v) is 55.1. The van der Waals surface area contributed by atoms with Crippen LogP contribution in [0.2, 0.25) is 25.1 Å². The molecule has 0 aliphatic carbocycles. The fourth-order valence-electron chi connectivity index (χ4n) is 11.2. The van der Waals surface area contributed by atoms with Gasteiger partial charge in [-0.2, -0.15) is 14.6 Å². The number of fused-ring (bicyclic) bond motifs is 3. The van der Waals surface area contributed by atoms with E-state index in [1.54, 1.807) is 59.7 Å². The number of benzene rings is 5. The van der Waals surface area contributed by atoms with E-state index in [0.29, 0.717) is 90.3 Å². The van der Waals surface area contributed by atoms with Gasteiger partial charge >= 0.3 is 0 Å². The maximum atomic E-state index is 13.9. The molecular formula is C70H58Cl5F3N16O2. The van der Waals surface area contributed by atoms with Gasteiger partial charge in [-0.1, -0.05) is 119 Å². The molecule has 18 nitrogen and oxygen atoms in total. The van der Waals surface area contributed by atoms with E-state index < -0.39 is 17.7 Å². The lowest BCUT2D eigenvalue weighted by molar-refractivity contribution is 0.0551. The van der Waals surface area contributed by atoms with Crippen LogP contribution in [0.15, 0.2) is 202 Å². The van der Waals surface area contributed by atoms with Gasteiger partial charge < -0.3 is 29.6 Å². The van der Waals surface area contributed by atoms with Crippen LogP contribution in [-0.2, 0) is 19.7 Å². The zero-order valence-electron chi connectivity index (χ0n) is 51.3. The van der Waals surface area contributed by atoms with Crippen LogP contribution in [0.3, 0.4) is 0 Å². The number of imidazole rings is 2. The summed E-state index contributed by atoms with van der Waals surface area (Å²) in [6, 6.07) is 37.5. The van der Waals surface area contributed by atoms with Gasteiger partial charge in [0.1, 0.15) is 57.7 Å². The van der Waals surface area contributed by atoms with E-state index in [2.05, 4.69) is 75.9 Å². The summed E-state index contributed by atoms with van der Waals surface area (Å²) in [4.78, 5) is 43.9. The van der Waals surface area contributed by atoms with E-state index in [4.69, 9.17) is 77.6 Å². The van der Waals surface area contributed by atoms with Crippen LogP contribution in [0.5, 0.6) is 0 Å². The van der Waals surface area contributed by atoms with Gasteiger partial charge in [-0.3, -0.25) is 14.6 Å². The van der Waals surface area contributed by atoms with Crippen LogP contribution in [0.4, 0.5) is 13.2 Å². The highest BCUT2D eigenvalue weighted by Crippen LogP contribution is 2.36. The number of aromatic nitrogens is 14. The maximum Gasteiger partial charge on any atom is 0.194 e. The second-order valence-electron chi connectivity index (χ2n) is 22.6. The molecule has 5 aromatic carbocycles. The van der Waals surface area contributed by atoms with Gasteiger partial charge in [0, 0.05) is 106 Å². The second-order valence-corrected chi connectivity index (χ2v) is 24.6. The van der Waals surface area contributed by atoms with Gasteiger partial charge in [-0.05, 0) is 118 Å². The minimum atomic E-state index is -0.633. The molecule has 10 heterocycles. The molecule has 1 saturated heterocycles. The Kier molecular flexibility index (Phi) is 19.7. The Bertz CT molecular complexity index is 5030. The zero-order chi connectivity index (χ0) is 66.4. The molecule has 0 saturated carbocycles. The Morgan fingerprint density at radius 1 is 0.594 bits per heavy atom. The summed E-state index contributed by atoms with van der Waals surface area (Å²) in [5.74, 6) is -0.680. The minimum Gasteiger partial charge on any atom is -0.409 e. The van der Waals surface area contributed by atoms with Crippen LogP contribution >= 0.6 is 58.0 Å². The third-order valence-electron chi connectivity index (χ3n) is 16.1. The summed E-state index contributed by atoms with van der Waals surface area (Å²) in [5, 5.41) is 9.06. The van der Waals surface area contributed by atoms with Gasteiger partial charge in [0.25, 0.3) is 0 Å². The number of piperidine rings is 1. The van der Waals surface area contributed by atoms with Crippen molar-refractivity contribution in [3.63, 3.8) is 0 Å². The molecule has 1 aliphatic heterocycles. The van der Waals surface area contributed by atoms with E-state index >= 15 is 0 Å². The molecule has 0 radical (unpaired) electrons. The van der Waals surface area contributed by atoms with Crippen molar-refractivity contribution in [2.24, 2.45) is 0 Å². The van der Waals surface area contributed by atoms with Crippen molar-refractivity contribution in [3.8, 4) is 34.0 Å². The first-order valence-electron chi connectivity index (χ1n) is 30.5. The minimum absolute atomic E-state index is 0.00224. The highest BCUT2D eigenvalue weighted by molar-refractivity contribution is 6.36. The molecule has 26 heteroatoms. The Morgan fingerprint density at radius 3 is 2.04 bits per heavy atom. The van der Waals surface area contributed by atoms with Crippen molar-refractivity contribution < 1.29 is 22.8 Å². The van der Waals surface area contributed by atoms with Crippen molar-refractivity contribution >= 4 is 91.4 Å². The van der Waals surface area contributed by atoms with Gasteiger partial charge in [0.15, 0.2) is 23.2 Å². The molecule has 0 amide bonds. The van der Waals surface area contributed by atoms with E-state index in [1.807, 2.05) is 102 Å². The fourth-order valence-corrected chi connectivity index (χ4v) is 12.7. The maximum absolute atomic E-state index is 13.9. The SMILES string of the molecule is CC(Nn1ccc2nc(-c3nccn3Cc3ccccc3)cnc21)c1c(Cl)ccc(F)c1Cl.CC(On1ccc2ncc(-c3cn(Cc4ccccc4)cn3)nc21)c1c(Cl)ccc(F)c1Cl.Fc1ccc(Cl)c(COn2ccc3ncc(-c4cnn(C5CCNCC5)c4)cc32)c1. The summed E-state index contributed by atoms with van der Waals surface area (Å²) in [7, 11) is 0. The third-order valence-corrected chi connectivity index (χ3v) is 17.9. The highest BCUT2D eigenvalue weighted by Gasteiger charge is 2.23. The average molecular weight is 1390 g/mol. The Balaban J connectivity index is 0.000000130. The summed E-state index contributed by atoms with van der Waals surface area (Å²) in [6.07, 6.45) is 23.4. The quantitative estimate of drug-likeness (QED) is 0.0827. The van der Waals surface area contributed by atoms with Crippen LogP contribution < -0.4 is 20.4 Å². The van der Waals surface area contributed by atoms with Gasteiger partial charge in [-0.15, -0.1) is 0 Å². The lowest BCUT2D eigenvalue weighted by atomic mass is 10.1. The van der Waals surface area contributed by atoms with E-state index in [9.17, 15) is 13.2 Å². The average Bonchev–Trinajstić information content (AvgIpc) is 1.66. The van der Waals surface area contributed by atoms with Gasteiger partial charge in [0.05, 0.1) is 52.6 Å². The lowest BCUT2D eigenvalue weighted by Gasteiger charge is -2.22. The molecular weight excluding hydrogens is 1330 g/mol. The molecule has 0 bridgehead atoms. The van der Waals surface area contributed by atoms with Crippen LogP contribution in [0.1, 0.15) is 72.7 Å². The molecule has 1 fully saturated rings. The van der Waals surface area contributed by atoms with Crippen LogP contribution in [-0.4, -0.2) is 81.0 Å². The Hall–Kier alpha value is -9.74. The number of pyridine rings is 1. The number of hydrogen-bond donors (Lipinski definition) is 2. The third kappa shape index (κ3) is 14.6. The molecule has 2 unspecified atom stereocenters. The normalized spacial score (nSPS) is 13.1. The Morgan fingerprint density at radius 2 is 1.27 bits per heavy atom. The molecule has 2 atom stereocenters. The van der Waals surface area contributed by atoms with Crippen molar-refractivity contribution in [2.45, 2.75) is 64.6 Å². The molecule has 9 aromatic heterocycles. The van der Waals surface area contributed by atoms with Crippen molar-refractivity contribution in [1.29, 1.82) is 0 Å².